The number of hydrogen-bond acceptors (Lipinski definition) is 8. The molecule has 5 atom stereocenters. The number of primary amides is 2. The molecular formula is C22H41N7O7. The molecule has 0 aliphatic heterocycles. The van der Waals surface area contributed by atoms with Gasteiger partial charge in [0.25, 0.3) is 0 Å². The van der Waals surface area contributed by atoms with Crippen molar-refractivity contribution in [2.24, 2.45) is 28.9 Å². The minimum Gasteiger partial charge on any atom is -0.480 e. The second kappa shape index (κ2) is 17.2. The number of nitrogens with one attached hydrogen (secondary N) is 3. The molecule has 14 heteroatoms. The SMILES string of the molecule is CCC(C)C(N)C(=O)NC(CCCCN)C(=O)NC(CCC(N)=O)C(=O)NC(CCC(N)=O)C(=O)O. The summed E-state index contributed by atoms with van der Waals surface area (Å²) in [6.07, 6.45) is 0.893. The minimum atomic E-state index is -1.45. The van der Waals surface area contributed by atoms with Gasteiger partial charge in [0.15, 0.2) is 0 Å². The van der Waals surface area contributed by atoms with Gasteiger partial charge in [0.1, 0.15) is 18.1 Å². The monoisotopic (exact) mass is 515 g/mol. The number of aliphatic carboxylic acids is 1. The maximum Gasteiger partial charge on any atom is 0.326 e. The van der Waals surface area contributed by atoms with Crippen LogP contribution >= 0.6 is 0 Å². The van der Waals surface area contributed by atoms with Crippen LogP contribution < -0.4 is 38.9 Å². The van der Waals surface area contributed by atoms with Crippen molar-refractivity contribution in [3.63, 3.8) is 0 Å². The number of rotatable bonds is 19. The molecule has 206 valence electrons. The highest BCUT2D eigenvalue weighted by atomic mass is 16.4. The number of amides is 5. The van der Waals surface area contributed by atoms with Crippen molar-refractivity contribution in [3.05, 3.63) is 0 Å². The van der Waals surface area contributed by atoms with Crippen molar-refractivity contribution in [2.45, 2.75) is 89.4 Å². The Morgan fingerprint density at radius 3 is 1.64 bits per heavy atom. The van der Waals surface area contributed by atoms with Crippen molar-refractivity contribution >= 4 is 35.5 Å². The molecular weight excluding hydrogens is 474 g/mol. The number of unbranched alkanes of at least 4 members (excludes halogenated alkanes) is 1. The fraction of sp³-hybridized carbons (Fsp3) is 0.727. The maximum absolute atomic E-state index is 13.1. The van der Waals surface area contributed by atoms with Crippen molar-refractivity contribution in [1.82, 2.24) is 16.0 Å². The predicted octanol–water partition coefficient (Wildman–Crippen LogP) is -2.44. The highest BCUT2D eigenvalue weighted by Crippen LogP contribution is 2.09. The molecule has 0 rings (SSSR count). The van der Waals surface area contributed by atoms with Crippen LogP contribution in [0, 0.1) is 5.92 Å². The van der Waals surface area contributed by atoms with E-state index in [1.807, 2.05) is 6.92 Å². The van der Waals surface area contributed by atoms with Crippen LogP contribution in [0.25, 0.3) is 0 Å². The molecule has 5 unspecified atom stereocenters. The molecule has 0 radical (unpaired) electrons. The Hall–Kier alpha value is -3.26. The lowest BCUT2D eigenvalue weighted by atomic mass is 9.98. The van der Waals surface area contributed by atoms with Gasteiger partial charge in [-0.1, -0.05) is 20.3 Å². The first-order valence-electron chi connectivity index (χ1n) is 12.0. The highest BCUT2D eigenvalue weighted by Gasteiger charge is 2.31. The third-order valence-corrected chi connectivity index (χ3v) is 5.75. The van der Waals surface area contributed by atoms with Crippen LogP contribution in [0.2, 0.25) is 0 Å². The first kappa shape index (κ1) is 32.7. The first-order chi connectivity index (χ1) is 16.8. The number of carboxylic acid groups (broad SMARTS) is 1. The fourth-order valence-electron chi connectivity index (χ4n) is 3.19. The Kier molecular flexibility index (Phi) is 15.7. The molecule has 0 spiro atoms. The van der Waals surface area contributed by atoms with Crippen LogP contribution in [-0.2, 0) is 28.8 Å². The fourth-order valence-corrected chi connectivity index (χ4v) is 3.19. The summed E-state index contributed by atoms with van der Waals surface area (Å²) in [6, 6.07) is -4.69. The molecule has 0 saturated heterocycles. The second-order valence-corrected chi connectivity index (χ2v) is 8.73. The van der Waals surface area contributed by atoms with E-state index in [-0.39, 0.29) is 38.0 Å². The number of hydrogen-bond donors (Lipinski definition) is 8. The zero-order chi connectivity index (χ0) is 27.8. The lowest BCUT2D eigenvalue weighted by Gasteiger charge is -2.26. The van der Waals surface area contributed by atoms with E-state index >= 15 is 0 Å². The van der Waals surface area contributed by atoms with E-state index < -0.39 is 59.7 Å². The van der Waals surface area contributed by atoms with Crippen LogP contribution in [0.4, 0.5) is 0 Å². The average Bonchev–Trinajstić information content (AvgIpc) is 2.81. The van der Waals surface area contributed by atoms with Crippen molar-refractivity contribution in [1.29, 1.82) is 0 Å². The molecule has 5 amide bonds. The van der Waals surface area contributed by atoms with Crippen LogP contribution in [-0.4, -0.2) is 71.3 Å². The van der Waals surface area contributed by atoms with Crippen molar-refractivity contribution < 1.29 is 33.9 Å². The van der Waals surface area contributed by atoms with E-state index in [0.717, 1.165) is 0 Å². The summed E-state index contributed by atoms with van der Waals surface area (Å²) in [4.78, 5) is 72.2. The van der Waals surface area contributed by atoms with E-state index in [9.17, 15) is 33.9 Å². The molecule has 0 aromatic carbocycles. The van der Waals surface area contributed by atoms with Crippen LogP contribution in [0.5, 0.6) is 0 Å². The van der Waals surface area contributed by atoms with Gasteiger partial charge in [0.05, 0.1) is 6.04 Å². The Morgan fingerprint density at radius 2 is 1.19 bits per heavy atom. The van der Waals surface area contributed by atoms with E-state index in [1.54, 1.807) is 6.92 Å². The molecule has 0 fully saturated rings. The van der Waals surface area contributed by atoms with Gasteiger partial charge in [-0.3, -0.25) is 24.0 Å². The summed E-state index contributed by atoms with van der Waals surface area (Å²) in [5.41, 5.74) is 21.7. The van der Waals surface area contributed by atoms with Gasteiger partial charge in [-0.2, -0.15) is 0 Å². The van der Waals surface area contributed by atoms with Crippen LogP contribution in [0.15, 0.2) is 0 Å². The third-order valence-electron chi connectivity index (χ3n) is 5.75. The average molecular weight is 516 g/mol. The largest absolute Gasteiger partial charge is 0.480 e. The van der Waals surface area contributed by atoms with Gasteiger partial charge >= 0.3 is 5.97 Å². The van der Waals surface area contributed by atoms with Crippen molar-refractivity contribution in [2.75, 3.05) is 6.54 Å². The Morgan fingerprint density at radius 1 is 0.750 bits per heavy atom. The van der Waals surface area contributed by atoms with E-state index in [4.69, 9.17) is 22.9 Å². The molecule has 0 aromatic heterocycles. The molecule has 14 nitrogen and oxygen atoms in total. The summed E-state index contributed by atoms with van der Waals surface area (Å²) in [7, 11) is 0. The molecule has 0 aliphatic carbocycles. The van der Waals surface area contributed by atoms with Crippen LogP contribution in [0.3, 0.4) is 0 Å². The van der Waals surface area contributed by atoms with Crippen molar-refractivity contribution in [3.8, 4) is 0 Å². The molecule has 12 N–H and O–H groups in total. The molecule has 0 bridgehead atoms. The lowest BCUT2D eigenvalue weighted by molar-refractivity contribution is -0.142. The highest BCUT2D eigenvalue weighted by molar-refractivity contribution is 5.94. The van der Waals surface area contributed by atoms with Gasteiger partial charge < -0.3 is 44.0 Å². The quantitative estimate of drug-likeness (QED) is 0.0848. The second-order valence-electron chi connectivity index (χ2n) is 8.73. The summed E-state index contributed by atoms with van der Waals surface area (Å²) >= 11 is 0. The summed E-state index contributed by atoms with van der Waals surface area (Å²) in [6.45, 7) is 4.05. The van der Waals surface area contributed by atoms with Gasteiger partial charge in [-0.25, -0.2) is 4.79 Å². The van der Waals surface area contributed by atoms with E-state index in [2.05, 4.69) is 16.0 Å². The Balaban J connectivity index is 5.63. The molecule has 0 heterocycles. The van der Waals surface area contributed by atoms with E-state index in [1.165, 1.54) is 0 Å². The number of carboxylic acids is 1. The van der Waals surface area contributed by atoms with Gasteiger partial charge in [-0.15, -0.1) is 0 Å². The smallest absolute Gasteiger partial charge is 0.326 e. The summed E-state index contributed by atoms with van der Waals surface area (Å²) < 4.78 is 0. The molecule has 36 heavy (non-hydrogen) atoms. The molecule has 0 saturated carbocycles. The zero-order valence-electron chi connectivity index (χ0n) is 21.0. The van der Waals surface area contributed by atoms with Gasteiger partial charge in [0.2, 0.25) is 29.5 Å². The Bertz CT molecular complexity index is 778. The molecule has 0 aromatic rings. The summed E-state index contributed by atoms with van der Waals surface area (Å²) in [5, 5.41) is 16.7. The Labute approximate surface area is 210 Å². The standard InChI is InChI=1S/C22H41N7O7/c1-3-12(2)18(26)21(34)28-13(6-4-5-11-23)19(32)27-14(7-9-16(24)30)20(33)29-15(22(35)36)8-10-17(25)31/h12-15,18H,3-11,23,26H2,1-2H3,(H2,24,30)(H2,25,31)(H,27,32)(H,28,34)(H,29,33)(H,35,36). The molecule has 0 aliphatic rings. The minimum absolute atomic E-state index is 0.139. The topological polar surface area (TPSA) is 263 Å². The third kappa shape index (κ3) is 13.0. The lowest BCUT2D eigenvalue weighted by Crippen LogP contribution is -2.57. The number of carbonyl (C=O) groups excluding carboxylic acids is 5. The van der Waals surface area contributed by atoms with E-state index in [0.29, 0.717) is 25.8 Å². The van der Waals surface area contributed by atoms with Crippen LogP contribution in [0.1, 0.15) is 65.2 Å². The number of nitrogens with two attached hydrogens (primary N) is 4. The zero-order valence-corrected chi connectivity index (χ0v) is 21.0. The first-order valence-corrected chi connectivity index (χ1v) is 12.0. The summed E-state index contributed by atoms with van der Waals surface area (Å²) in [5.74, 6) is -5.18. The predicted molar refractivity (Wildman–Crippen MR) is 131 cm³/mol. The normalized spacial score (nSPS) is 15.0. The van der Waals surface area contributed by atoms with Gasteiger partial charge in [-0.05, 0) is 44.6 Å². The number of carbonyl (C=O) groups is 6. The maximum atomic E-state index is 13.1. The van der Waals surface area contributed by atoms with Gasteiger partial charge in [0, 0.05) is 12.8 Å².